The molecule has 1 saturated heterocycles. The summed E-state index contributed by atoms with van der Waals surface area (Å²) in [5, 5.41) is 0. The molecule has 1 N–H and O–H groups in total. The third-order valence-corrected chi connectivity index (χ3v) is 3.91. The van der Waals surface area contributed by atoms with Gasteiger partial charge in [0.15, 0.2) is 6.23 Å². The molecule has 0 aromatic carbocycles. The Morgan fingerprint density at radius 1 is 1.17 bits per heavy atom. The van der Waals surface area contributed by atoms with Crippen LogP contribution in [0.4, 0.5) is 0 Å². The van der Waals surface area contributed by atoms with Crippen LogP contribution in [0.5, 0.6) is 0 Å². The van der Waals surface area contributed by atoms with Gasteiger partial charge < -0.3 is 23.7 Å². The summed E-state index contributed by atoms with van der Waals surface area (Å²) in [6.07, 6.45) is -0.661. The molecule has 0 spiro atoms. The molecule has 1 aliphatic heterocycles. The molecule has 4 unspecified atom stereocenters. The number of nitrogens with one attached hydrogen (secondary N) is 1. The minimum Gasteiger partial charge on any atom is -0.382 e. The molecule has 24 heavy (non-hydrogen) atoms. The molecule has 0 radical (unpaired) electrons. The van der Waals surface area contributed by atoms with E-state index in [1.54, 1.807) is 28.3 Å². The summed E-state index contributed by atoms with van der Waals surface area (Å²) in [6, 6.07) is 0. The maximum atomic E-state index is 12.2. The van der Waals surface area contributed by atoms with Crippen molar-refractivity contribution >= 4 is 0 Å². The van der Waals surface area contributed by atoms with Gasteiger partial charge in [0.25, 0.3) is 5.56 Å². The Kier molecular flexibility index (Phi) is 6.69. The SMILES string of the molecule is COCCOC1C(OC)C(COC)OC1n1cc(C)c(=O)[nH]c1=O. The van der Waals surface area contributed by atoms with Crippen molar-refractivity contribution in [1.29, 1.82) is 0 Å². The maximum Gasteiger partial charge on any atom is 0.330 e. The molecular weight excluding hydrogens is 320 g/mol. The first-order valence-corrected chi connectivity index (χ1v) is 7.63. The number of nitrogens with zero attached hydrogens (tertiary/aromatic N) is 1. The van der Waals surface area contributed by atoms with Gasteiger partial charge in [-0.2, -0.15) is 0 Å². The van der Waals surface area contributed by atoms with E-state index < -0.39 is 35.8 Å². The van der Waals surface area contributed by atoms with Gasteiger partial charge in [-0.25, -0.2) is 4.79 Å². The van der Waals surface area contributed by atoms with E-state index in [4.69, 9.17) is 23.7 Å². The lowest BCUT2D eigenvalue weighted by molar-refractivity contribution is -0.0851. The van der Waals surface area contributed by atoms with E-state index in [0.29, 0.717) is 18.8 Å². The highest BCUT2D eigenvalue weighted by atomic mass is 16.6. The Bertz CT molecular complexity index is 641. The number of rotatable bonds is 8. The number of aryl methyl sites for hydroxylation is 1. The fraction of sp³-hybridized carbons (Fsp3) is 0.733. The first-order chi connectivity index (χ1) is 11.5. The standard InChI is InChI=1S/C15H24N2O7/c1-9-7-17(15(19)16-13(9)18)14-12(23-6-5-20-2)11(22-4)10(24-14)8-21-3/h7,10-12,14H,5-6,8H2,1-4H3,(H,16,18,19). The highest BCUT2D eigenvalue weighted by molar-refractivity contribution is 5.03. The van der Waals surface area contributed by atoms with Crippen LogP contribution in [-0.2, 0) is 23.7 Å². The zero-order valence-electron chi connectivity index (χ0n) is 14.3. The van der Waals surface area contributed by atoms with Gasteiger partial charge in [-0.05, 0) is 6.92 Å². The monoisotopic (exact) mass is 344 g/mol. The van der Waals surface area contributed by atoms with E-state index in [1.807, 2.05) is 0 Å². The molecule has 136 valence electrons. The van der Waals surface area contributed by atoms with Crippen molar-refractivity contribution in [2.24, 2.45) is 0 Å². The van der Waals surface area contributed by atoms with Crippen LogP contribution in [0.1, 0.15) is 11.8 Å². The second-order valence-corrected chi connectivity index (χ2v) is 5.53. The molecule has 0 saturated carbocycles. The highest BCUT2D eigenvalue weighted by Crippen LogP contribution is 2.32. The molecule has 9 nitrogen and oxygen atoms in total. The van der Waals surface area contributed by atoms with Crippen LogP contribution in [0.2, 0.25) is 0 Å². The quantitative estimate of drug-likeness (QED) is 0.631. The zero-order valence-corrected chi connectivity index (χ0v) is 14.3. The van der Waals surface area contributed by atoms with Crippen molar-refractivity contribution in [1.82, 2.24) is 9.55 Å². The number of H-pyrrole nitrogens is 1. The third-order valence-electron chi connectivity index (χ3n) is 3.91. The van der Waals surface area contributed by atoms with Crippen LogP contribution in [-0.4, -0.2) is 69.0 Å². The van der Waals surface area contributed by atoms with E-state index in [9.17, 15) is 9.59 Å². The number of aromatic nitrogens is 2. The van der Waals surface area contributed by atoms with Crippen LogP contribution in [0.15, 0.2) is 15.8 Å². The lowest BCUT2D eigenvalue weighted by Gasteiger charge is -2.24. The first kappa shape index (κ1) is 18.8. The Balaban J connectivity index is 2.35. The van der Waals surface area contributed by atoms with Crippen molar-refractivity contribution in [3.63, 3.8) is 0 Å². The summed E-state index contributed by atoms with van der Waals surface area (Å²) in [7, 11) is 4.68. The highest BCUT2D eigenvalue weighted by Gasteiger charge is 2.47. The van der Waals surface area contributed by atoms with Gasteiger partial charge in [0.1, 0.15) is 18.3 Å². The van der Waals surface area contributed by atoms with Crippen molar-refractivity contribution in [2.75, 3.05) is 41.2 Å². The molecule has 1 aromatic heterocycles. The van der Waals surface area contributed by atoms with Crippen molar-refractivity contribution in [2.45, 2.75) is 31.5 Å². The fourth-order valence-corrected chi connectivity index (χ4v) is 2.74. The largest absolute Gasteiger partial charge is 0.382 e. The van der Waals surface area contributed by atoms with Crippen LogP contribution >= 0.6 is 0 Å². The Hall–Kier alpha value is -1.52. The van der Waals surface area contributed by atoms with E-state index in [2.05, 4.69) is 4.98 Å². The molecule has 0 bridgehead atoms. The zero-order chi connectivity index (χ0) is 17.7. The van der Waals surface area contributed by atoms with Crippen LogP contribution in [0, 0.1) is 6.92 Å². The van der Waals surface area contributed by atoms with Crippen LogP contribution in [0.25, 0.3) is 0 Å². The Labute approximate surface area is 139 Å². The summed E-state index contributed by atoms with van der Waals surface area (Å²) < 4.78 is 28.7. The Morgan fingerprint density at radius 3 is 2.54 bits per heavy atom. The summed E-state index contributed by atoms with van der Waals surface area (Å²) in [4.78, 5) is 26.0. The van der Waals surface area contributed by atoms with Gasteiger partial charge >= 0.3 is 5.69 Å². The molecule has 2 rings (SSSR count). The topological polar surface area (TPSA) is 101 Å². The number of hydrogen-bond acceptors (Lipinski definition) is 7. The fourth-order valence-electron chi connectivity index (χ4n) is 2.74. The molecule has 1 aliphatic rings. The van der Waals surface area contributed by atoms with Gasteiger partial charge in [-0.15, -0.1) is 0 Å². The van der Waals surface area contributed by atoms with Gasteiger partial charge in [-0.1, -0.05) is 0 Å². The van der Waals surface area contributed by atoms with Crippen molar-refractivity contribution in [3.8, 4) is 0 Å². The summed E-state index contributed by atoms with van der Waals surface area (Å²) in [5.41, 5.74) is -0.593. The third kappa shape index (κ3) is 3.93. The average Bonchev–Trinajstić information content (AvgIpc) is 2.89. The van der Waals surface area contributed by atoms with Gasteiger partial charge in [0.2, 0.25) is 0 Å². The first-order valence-electron chi connectivity index (χ1n) is 7.63. The molecule has 0 amide bonds. The summed E-state index contributed by atoms with van der Waals surface area (Å²) in [5.74, 6) is 0. The van der Waals surface area contributed by atoms with Crippen LogP contribution < -0.4 is 11.2 Å². The number of methoxy groups -OCH3 is 3. The van der Waals surface area contributed by atoms with Gasteiger partial charge in [0.05, 0.1) is 19.8 Å². The van der Waals surface area contributed by atoms with Crippen LogP contribution in [0.3, 0.4) is 0 Å². The molecular formula is C15H24N2O7. The van der Waals surface area contributed by atoms with Crippen molar-refractivity contribution in [3.05, 3.63) is 32.6 Å². The average molecular weight is 344 g/mol. The molecule has 1 fully saturated rings. The second kappa shape index (κ2) is 8.54. The molecule has 1 aromatic rings. The van der Waals surface area contributed by atoms with E-state index >= 15 is 0 Å². The lowest BCUT2D eigenvalue weighted by atomic mass is 10.1. The summed E-state index contributed by atoms with van der Waals surface area (Å²) in [6.45, 7) is 2.62. The normalized spacial score (nSPS) is 26.8. The van der Waals surface area contributed by atoms with Gasteiger partial charge in [-0.3, -0.25) is 14.3 Å². The number of ether oxygens (including phenoxy) is 5. The lowest BCUT2D eigenvalue weighted by Crippen LogP contribution is -2.41. The molecule has 0 aliphatic carbocycles. The van der Waals surface area contributed by atoms with E-state index in [-0.39, 0.29) is 6.61 Å². The van der Waals surface area contributed by atoms with Crippen molar-refractivity contribution < 1.29 is 23.7 Å². The van der Waals surface area contributed by atoms with E-state index in [0.717, 1.165) is 0 Å². The molecule has 4 atom stereocenters. The number of aromatic amines is 1. The Morgan fingerprint density at radius 2 is 1.92 bits per heavy atom. The molecule has 9 heteroatoms. The smallest absolute Gasteiger partial charge is 0.330 e. The maximum absolute atomic E-state index is 12.2. The second-order valence-electron chi connectivity index (χ2n) is 5.53. The van der Waals surface area contributed by atoms with E-state index in [1.165, 1.54) is 10.8 Å². The number of hydrogen-bond donors (Lipinski definition) is 1. The predicted molar refractivity (Wildman–Crippen MR) is 84.3 cm³/mol. The predicted octanol–water partition coefficient (Wildman–Crippen LogP) is -0.565. The summed E-state index contributed by atoms with van der Waals surface area (Å²) >= 11 is 0. The minimum absolute atomic E-state index is 0.288. The molecule has 2 heterocycles. The van der Waals surface area contributed by atoms with Gasteiger partial charge in [0, 0.05) is 33.1 Å². The minimum atomic E-state index is -0.741.